The zero-order valence-electron chi connectivity index (χ0n) is 8.19. The fourth-order valence-corrected chi connectivity index (χ4v) is 1.23. The maximum atomic E-state index is 12.5. The van der Waals surface area contributed by atoms with Gasteiger partial charge in [0.05, 0.1) is 17.7 Å². The summed E-state index contributed by atoms with van der Waals surface area (Å²) in [6, 6.07) is 1.27. The Morgan fingerprint density at radius 1 is 1.00 bits per heavy atom. The molecule has 8 heteroatoms. The average molecular weight is 259 g/mol. The Morgan fingerprint density at radius 3 is 2.00 bits per heavy atom. The zero-order chi connectivity index (χ0) is 13.3. The minimum absolute atomic E-state index is 0.0361. The van der Waals surface area contributed by atoms with Gasteiger partial charge in [-0.3, -0.25) is 4.84 Å². The molecule has 2 nitrogen and oxygen atoms in total. The van der Waals surface area contributed by atoms with Crippen LogP contribution in [0.3, 0.4) is 0 Å². The molecule has 0 bridgehead atoms. The van der Waals surface area contributed by atoms with Crippen molar-refractivity contribution >= 4 is 0 Å². The first-order valence-electron chi connectivity index (χ1n) is 4.25. The van der Waals surface area contributed by atoms with Crippen LogP contribution in [-0.2, 0) is 23.8 Å². The van der Waals surface area contributed by atoms with Gasteiger partial charge in [-0.1, -0.05) is 6.07 Å². The summed E-state index contributed by atoms with van der Waals surface area (Å²) >= 11 is 0. The Balaban J connectivity index is 3.30. The van der Waals surface area contributed by atoms with Crippen LogP contribution in [0.5, 0.6) is 0 Å². The van der Waals surface area contributed by atoms with Crippen molar-refractivity contribution < 1.29 is 31.2 Å². The predicted octanol–water partition coefficient (Wildman–Crippen LogP) is 3.11. The molecular formula is C9H7F6NO. The van der Waals surface area contributed by atoms with Crippen LogP contribution >= 0.6 is 0 Å². The minimum atomic E-state index is -4.89. The third kappa shape index (κ3) is 3.34. The van der Waals surface area contributed by atoms with Crippen LogP contribution in [0.25, 0.3) is 0 Å². The maximum absolute atomic E-state index is 12.5. The quantitative estimate of drug-likeness (QED) is 0.654. The van der Waals surface area contributed by atoms with Crippen molar-refractivity contribution in [3.8, 4) is 0 Å². The van der Waals surface area contributed by atoms with E-state index in [9.17, 15) is 26.3 Å². The molecule has 0 fully saturated rings. The molecule has 0 aliphatic heterocycles. The van der Waals surface area contributed by atoms with Gasteiger partial charge < -0.3 is 0 Å². The molecule has 0 spiro atoms. The molecule has 1 rings (SSSR count). The molecule has 0 aliphatic rings. The maximum Gasteiger partial charge on any atom is 0.416 e. The molecule has 0 atom stereocenters. The van der Waals surface area contributed by atoms with Crippen LogP contribution in [0.4, 0.5) is 26.3 Å². The lowest BCUT2D eigenvalue weighted by Gasteiger charge is -2.15. The van der Waals surface area contributed by atoms with Gasteiger partial charge >= 0.3 is 12.4 Å². The molecule has 1 aromatic rings. The standard InChI is InChI=1S/C9H7F6NO/c10-8(11,12)6-2-1-5(4-17-16)7(3-6)9(13,14)15/h1-3H,4,16H2. The van der Waals surface area contributed by atoms with Crippen LogP contribution in [0.2, 0.25) is 0 Å². The average Bonchev–Trinajstić information content (AvgIpc) is 2.15. The molecule has 0 heterocycles. The van der Waals surface area contributed by atoms with Gasteiger partial charge in [0.2, 0.25) is 0 Å². The van der Waals surface area contributed by atoms with Crippen molar-refractivity contribution in [1.82, 2.24) is 0 Å². The van der Waals surface area contributed by atoms with Crippen molar-refractivity contribution in [2.24, 2.45) is 5.90 Å². The van der Waals surface area contributed by atoms with Crippen LogP contribution in [0.1, 0.15) is 16.7 Å². The van der Waals surface area contributed by atoms with E-state index < -0.39 is 35.6 Å². The van der Waals surface area contributed by atoms with Gasteiger partial charge in [0.25, 0.3) is 0 Å². The number of halogens is 6. The summed E-state index contributed by atoms with van der Waals surface area (Å²) in [5.41, 5.74) is -3.23. The minimum Gasteiger partial charge on any atom is -0.300 e. The lowest BCUT2D eigenvalue weighted by molar-refractivity contribution is -0.143. The normalized spacial score (nSPS) is 12.9. The van der Waals surface area contributed by atoms with Crippen molar-refractivity contribution in [3.05, 3.63) is 34.9 Å². The number of benzene rings is 1. The van der Waals surface area contributed by atoms with Crippen LogP contribution in [0.15, 0.2) is 18.2 Å². The molecule has 0 aromatic heterocycles. The number of nitrogens with two attached hydrogens (primary N) is 1. The first-order chi connectivity index (χ1) is 7.66. The molecule has 2 N–H and O–H groups in total. The Morgan fingerprint density at radius 2 is 1.59 bits per heavy atom. The fraction of sp³-hybridized carbons (Fsp3) is 0.333. The predicted molar refractivity (Wildman–Crippen MR) is 45.4 cm³/mol. The molecule has 0 unspecified atom stereocenters. The van der Waals surface area contributed by atoms with E-state index in [1.54, 1.807) is 0 Å². The van der Waals surface area contributed by atoms with E-state index in [4.69, 9.17) is 0 Å². The van der Waals surface area contributed by atoms with Crippen molar-refractivity contribution in [3.63, 3.8) is 0 Å². The summed E-state index contributed by atoms with van der Waals surface area (Å²) in [6.07, 6.45) is -9.72. The second-order valence-corrected chi connectivity index (χ2v) is 3.18. The summed E-state index contributed by atoms with van der Waals surface area (Å²) in [6.45, 7) is -0.618. The van der Waals surface area contributed by atoms with Crippen LogP contribution < -0.4 is 5.90 Å². The van der Waals surface area contributed by atoms with Crippen molar-refractivity contribution in [2.75, 3.05) is 0 Å². The molecule has 0 amide bonds. The first kappa shape index (κ1) is 13.8. The topological polar surface area (TPSA) is 35.2 Å². The fourth-order valence-electron chi connectivity index (χ4n) is 1.23. The number of hydrogen-bond donors (Lipinski definition) is 1. The molecular weight excluding hydrogens is 252 g/mol. The highest BCUT2D eigenvalue weighted by atomic mass is 19.4. The van der Waals surface area contributed by atoms with Gasteiger partial charge in [-0.15, -0.1) is 0 Å². The molecule has 0 saturated heterocycles. The Bertz CT molecular complexity index is 397. The van der Waals surface area contributed by atoms with Gasteiger partial charge in [-0.05, 0) is 17.7 Å². The Labute approximate surface area is 91.9 Å². The van der Waals surface area contributed by atoms with E-state index in [0.717, 1.165) is 0 Å². The largest absolute Gasteiger partial charge is 0.416 e. The van der Waals surface area contributed by atoms with E-state index in [1.165, 1.54) is 0 Å². The number of hydrogen-bond acceptors (Lipinski definition) is 2. The second kappa shape index (κ2) is 4.53. The van der Waals surface area contributed by atoms with Crippen LogP contribution in [0, 0.1) is 0 Å². The summed E-state index contributed by atoms with van der Waals surface area (Å²) < 4.78 is 74.2. The molecule has 0 radical (unpaired) electrons. The highest BCUT2D eigenvalue weighted by Gasteiger charge is 2.37. The number of alkyl halides is 6. The summed E-state index contributed by atoms with van der Waals surface area (Å²) in [5.74, 6) is 4.61. The smallest absolute Gasteiger partial charge is 0.300 e. The highest BCUT2D eigenvalue weighted by Crippen LogP contribution is 2.37. The molecule has 96 valence electrons. The van der Waals surface area contributed by atoms with Gasteiger partial charge in [0, 0.05) is 0 Å². The Kier molecular flexibility index (Phi) is 3.68. The van der Waals surface area contributed by atoms with E-state index in [-0.39, 0.29) is 6.07 Å². The van der Waals surface area contributed by atoms with Gasteiger partial charge in [0.15, 0.2) is 0 Å². The first-order valence-corrected chi connectivity index (χ1v) is 4.25. The third-order valence-electron chi connectivity index (χ3n) is 1.98. The Hall–Kier alpha value is -1.28. The number of rotatable bonds is 2. The van der Waals surface area contributed by atoms with E-state index >= 15 is 0 Å². The second-order valence-electron chi connectivity index (χ2n) is 3.18. The van der Waals surface area contributed by atoms with E-state index in [2.05, 4.69) is 10.7 Å². The van der Waals surface area contributed by atoms with E-state index in [1.807, 2.05) is 0 Å². The lowest BCUT2D eigenvalue weighted by atomic mass is 10.0. The monoisotopic (exact) mass is 259 g/mol. The van der Waals surface area contributed by atoms with Crippen molar-refractivity contribution in [1.29, 1.82) is 0 Å². The highest BCUT2D eigenvalue weighted by molar-refractivity contribution is 5.35. The summed E-state index contributed by atoms with van der Waals surface area (Å²) in [4.78, 5) is 4.01. The zero-order valence-corrected chi connectivity index (χ0v) is 8.19. The molecule has 17 heavy (non-hydrogen) atoms. The molecule has 1 aromatic carbocycles. The van der Waals surface area contributed by atoms with Gasteiger partial charge in [-0.25, -0.2) is 5.90 Å². The van der Waals surface area contributed by atoms with Gasteiger partial charge in [0.1, 0.15) is 0 Å². The van der Waals surface area contributed by atoms with Gasteiger partial charge in [-0.2, -0.15) is 26.3 Å². The molecule has 0 saturated carbocycles. The van der Waals surface area contributed by atoms with E-state index in [0.29, 0.717) is 12.1 Å². The third-order valence-corrected chi connectivity index (χ3v) is 1.98. The van der Waals surface area contributed by atoms with Crippen molar-refractivity contribution in [2.45, 2.75) is 19.0 Å². The SMILES string of the molecule is NOCc1ccc(C(F)(F)F)cc1C(F)(F)F. The molecule has 0 aliphatic carbocycles. The summed E-state index contributed by atoms with van der Waals surface area (Å²) in [7, 11) is 0. The van der Waals surface area contributed by atoms with Crippen LogP contribution in [-0.4, -0.2) is 0 Å². The lowest BCUT2D eigenvalue weighted by Crippen LogP contribution is -2.14. The summed E-state index contributed by atoms with van der Waals surface area (Å²) in [5, 5.41) is 0.